The molecule has 0 amide bonds. The van der Waals surface area contributed by atoms with Gasteiger partial charge in [0.2, 0.25) is 0 Å². The summed E-state index contributed by atoms with van der Waals surface area (Å²) in [5.74, 6) is -0.388. The number of thiophene rings is 1. The molecule has 0 saturated heterocycles. The molecule has 0 aliphatic carbocycles. The molecule has 0 bridgehead atoms. The fraction of sp³-hybridized carbons (Fsp3) is 0.0769. The van der Waals surface area contributed by atoms with Crippen LogP contribution in [0, 0.1) is 0 Å². The van der Waals surface area contributed by atoms with Crippen molar-refractivity contribution < 1.29 is 0 Å². The number of fused-ring (bicyclic) bond motifs is 2. The van der Waals surface area contributed by atoms with Crippen LogP contribution in [0.3, 0.4) is 0 Å². The summed E-state index contributed by atoms with van der Waals surface area (Å²) < 4.78 is 0. The molecule has 116 valence electrons. The molecule has 0 unspecified atom stereocenters. The summed E-state index contributed by atoms with van der Waals surface area (Å²) in [5.41, 5.74) is -1.40. The standard InChI is InChI=1S/C13H9N5O4S/c19-10-6-5(4-1-2-23-3-4)7-9(16-13(22)18-11(7)20)14-8(6)15-12(21)17-10/h1-3,5H,(H5,14,15,16,17,18,19,20,21,22). The fourth-order valence-electron chi connectivity index (χ4n) is 2.78. The summed E-state index contributed by atoms with van der Waals surface area (Å²) in [6.45, 7) is 0. The van der Waals surface area contributed by atoms with Crippen LogP contribution in [0.15, 0.2) is 36.0 Å². The molecule has 4 heterocycles. The number of aromatic amines is 4. The molecule has 0 atom stereocenters. The second-order valence-corrected chi connectivity index (χ2v) is 5.79. The molecule has 0 saturated carbocycles. The van der Waals surface area contributed by atoms with Crippen LogP contribution in [-0.2, 0) is 0 Å². The number of rotatable bonds is 1. The lowest BCUT2D eigenvalue weighted by Gasteiger charge is -2.25. The molecular weight excluding hydrogens is 322 g/mol. The first kappa shape index (κ1) is 13.5. The van der Waals surface area contributed by atoms with Crippen LogP contribution in [-0.4, -0.2) is 19.9 Å². The molecule has 23 heavy (non-hydrogen) atoms. The highest BCUT2D eigenvalue weighted by molar-refractivity contribution is 7.08. The third-order valence-corrected chi connectivity index (χ3v) is 4.36. The summed E-state index contributed by atoms with van der Waals surface area (Å²) in [7, 11) is 0. The van der Waals surface area contributed by atoms with Gasteiger partial charge in [-0.15, -0.1) is 0 Å². The molecule has 10 heteroatoms. The highest BCUT2D eigenvalue weighted by atomic mass is 32.1. The van der Waals surface area contributed by atoms with Crippen molar-refractivity contribution in [3.63, 3.8) is 0 Å². The monoisotopic (exact) mass is 331 g/mol. The second-order valence-electron chi connectivity index (χ2n) is 5.01. The summed E-state index contributed by atoms with van der Waals surface area (Å²) >= 11 is 1.41. The van der Waals surface area contributed by atoms with Crippen molar-refractivity contribution in [1.29, 1.82) is 0 Å². The molecule has 3 aromatic heterocycles. The van der Waals surface area contributed by atoms with E-state index >= 15 is 0 Å². The Labute approximate surface area is 130 Å². The van der Waals surface area contributed by atoms with Gasteiger partial charge >= 0.3 is 11.4 Å². The normalized spacial score (nSPS) is 13.2. The maximum absolute atomic E-state index is 12.3. The van der Waals surface area contributed by atoms with Gasteiger partial charge in [-0.05, 0) is 22.4 Å². The smallest absolute Gasteiger partial charge is 0.327 e. The average molecular weight is 331 g/mol. The lowest BCUT2D eigenvalue weighted by molar-refractivity contribution is 0.847. The molecule has 1 aliphatic rings. The zero-order chi connectivity index (χ0) is 16.1. The van der Waals surface area contributed by atoms with Crippen molar-refractivity contribution in [2.24, 2.45) is 0 Å². The SMILES string of the molecule is O=c1[nH]c2c(c(=O)[nH]1)C(c1ccsc1)c1c([nH]c(=O)[nH]c1=O)N2. The van der Waals surface area contributed by atoms with Gasteiger partial charge in [-0.2, -0.15) is 11.3 Å². The Morgan fingerprint density at radius 3 is 1.87 bits per heavy atom. The maximum Gasteiger partial charge on any atom is 0.327 e. The van der Waals surface area contributed by atoms with Crippen molar-refractivity contribution >= 4 is 23.0 Å². The molecule has 9 nitrogen and oxygen atoms in total. The van der Waals surface area contributed by atoms with E-state index in [4.69, 9.17) is 0 Å². The third-order valence-electron chi connectivity index (χ3n) is 3.66. The minimum absolute atomic E-state index is 0.156. The molecule has 0 fully saturated rings. The minimum atomic E-state index is -0.700. The van der Waals surface area contributed by atoms with E-state index in [1.165, 1.54) is 11.3 Å². The average Bonchev–Trinajstić information content (AvgIpc) is 2.98. The van der Waals surface area contributed by atoms with Crippen LogP contribution in [0.2, 0.25) is 0 Å². The van der Waals surface area contributed by atoms with Crippen molar-refractivity contribution in [2.45, 2.75) is 5.92 Å². The van der Waals surface area contributed by atoms with Gasteiger partial charge in [0.15, 0.2) is 0 Å². The van der Waals surface area contributed by atoms with Crippen molar-refractivity contribution in [2.75, 3.05) is 5.32 Å². The van der Waals surface area contributed by atoms with E-state index in [1.54, 1.807) is 11.4 Å². The Kier molecular flexibility index (Phi) is 2.75. The Morgan fingerprint density at radius 1 is 0.826 bits per heavy atom. The first-order valence-corrected chi connectivity index (χ1v) is 7.51. The summed E-state index contributed by atoms with van der Waals surface area (Å²) in [4.78, 5) is 56.9. The fourth-order valence-corrected chi connectivity index (χ4v) is 3.47. The molecule has 0 spiro atoms. The van der Waals surface area contributed by atoms with Crippen LogP contribution in [0.1, 0.15) is 22.6 Å². The van der Waals surface area contributed by atoms with E-state index in [0.29, 0.717) is 5.56 Å². The molecule has 1 aliphatic heterocycles. The molecular formula is C13H9N5O4S. The maximum atomic E-state index is 12.3. The van der Waals surface area contributed by atoms with Crippen LogP contribution < -0.4 is 27.8 Å². The molecule has 5 N–H and O–H groups in total. The van der Waals surface area contributed by atoms with Gasteiger partial charge in [0.05, 0.1) is 17.0 Å². The van der Waals surface area contributed by atoms with Crippen LogP contribution in [0.25, 0.3) is 0 Å². The largest absolute Gasteiger partial charge is 0.327 e. The Balaban J connectivity index is 2.14. The zero-order valence-electron chi connectivity index (χ0n) is 11.4. The number of hydrogen-bond acceptors (Lipinski definition) is 6. The predicted octanol–water partition coefficient (Wildman–Crippen LogP) is -0.262. The molecule has 0 radical (unpaired) electrons. The number of aromatic nitrogens is 4. The number of anilines is 2. The van der Waals surface area contributed by atoms with Crippen molar-refractivity contribution in [3.8, 4) is 0 Å². The number of H-pyrrole nitrogens is 4. The lowest BCUT2D eigenvalue weighted by Crippen LogP contribution is -2.37. The van der Waals surface area contributed by atoms with Gasteiger partial charge in [0.1, 0.15) is 11.6 Å². The number of hydrogen-bond donors (Lipinski definition) is 5. The second kappa shape index (κ2) is 4.68. The van der Waals surface area contributed by atoms with E-state index in [1.807, 2.05) is 5.38 Å². The minimum Gasteiger partial charge on any atom is -0.327 e. The topological polar surface area (TPSA) is 143 Å². The quantitative estimate of drug-likeness (QED) is 0.326. The lowest BCUT2D eigenvalue weighted by atomic mass is 9.86. The van der Waals surface area contributed by atoms with Gasteiger partial charge in [-0.25, -0.2) is 9.59 Å². The highest BCUT2D eigenvalue weighted by Crippen LogP contribution is 2.39. The van der Waals surface area contributed by atoms with Gasteiger partial charge in [0.25, 0.3) is 11.1 Å². The highest BCUT2D eigenvalue weighted by Gasteiger charge is 2.33. The van der Waals surface area contributed by atoms with E-state index in [0.717, 1.165) is 0 Å². The van der Waals surface area contributed by atoms with Gasteiger partial charge in [0, 0.05) is 0 Å². The van der Waals surface area contributed by atoms with E-state index in [2.05, 4.69) is 25.3 Å². The summed E-state index contributed by atoms with van der Waals surface area (Å²) in [6, 6.07) is 1.78. The molecule has 0 aromatic carbocycles. The molecule has 4 rings (SSSR count). The van der Waals surface area contributed by atoms with Crippen LogP contribution >= 0.6 is 11.3 Å². The zero-order valence-corrected chi connectivity index (χ0v) is 12.2. The first-order valence-electron chi connectivity index (χ1n) is 6.56. The Bertz CT molecular complexity index is 1060. The summed E-state index contributed by atoms with van der Waals surface area (Å²) in [6.07, 6.45) is 0. The first-order chi connectivity index (χ1) is 11.0. The summed E-state index contributed by atoms with van der Waals surface area (Å²) in [5, 5.41) is 6.37. The third kappa shape index (κ3) is 1.99. The Hall–Kier alpha value is -3.14. The Morgan fingerprint density at radius 2 is 1.39 bits per heavy atom. The number of nitrogens with one attached hydrogen (secondary N) is 5. The van der Waals surface area contributed by atoms with E-state index in [9.17, 15) is 19.2 Å². The van der Waals surface area contributed by atoms with E-state index < -0.39 is 28.4 Å². The van der Waals surface area contributed by atoms with E-state index in [-0.39, 0.29) is 22.8 Å². The molecule has 3 aromatic rings. The van der Waals surface area contributed by atoms with Gasteiger partial charge in [-0.3, -0.25) is 29.5 Å². The predicted molar refractivity (Wildman–Crippen MR) is 83.9 cm³/mol. The van der Waals surface area contributed by atoms with Crippen molar-refractivity contribution in [1.82, 2.24) is 19.9 Å². The van der Waals surface area contributed by atoms with Gasteiger partial charge < -0.3 is 5.32 Å². The van der Waals surface area contributed by atoms with Gasteiger partial charge in [-0.1, -0.05) is 0 Å². The van der Waals surface area contributed by atoms with Crippen LogP contribution in [0.4, 0.5) is 11.6 Å². The van der Waals surface area contributed by atoms with Crippen LogP contribution in [0.5, 0.6) is 0 Å². The van der Waals surface area contributed by atoms with Crippen molar-refractivity contribution in [3.05, 3.63) is 75.2 Å².